The molecule has 146 valence electrons. The number of anilines is 1. The summed E-state index contributed by atoms with van der Waals surface area (Å²) < 4.78 is 7.26. The van der Waals surface area contributed by atoms with Crippen molar-refractivity contribution in [3.8, 4) is 22.7 Å². The number of aryl methyl sites for hydroxylation is 2. The minimum Gasteiger partial charge on any atom is -0.382 e. The minimum atomic E-state index is -0.203. The third kappa shape index (κ3) is 2.88. The SMILES string of the molecule is Cc1nc(-c2ccc(C3(c4noc(-c5cnn(C)c5)n4)CCC3)cc2)cnc1N. The van der Waals surface area contributed by atoms with Crippen LogP contribution < -0.4 is 5.73 Å². The Bertz CT molecular complexity index is 1170. The van der Waals surface area contributed by atoms with Crippen LogP contribution in [0.1, 0.15) is 36.3 Å². The number of hydrogen-bond acceptors (Lipinski definition) is 7. The fourth-order valence-electron chi connectivity index (χ4n) is 3.83. The second-order valence-electron chi connectivity index (χ2n) is 7.56. The van der Waals surface area contributed by atoms with E-state index in [4.69, 9.17) is 15.2 Å². The summed E-state index contributed by atoms with van der Waals surface area (Å²) in [5, 5.41) is 8.49. The molecule has 0 radical (unpaired) electrons. The van der Waals surface area contributed by atoms with E-state index in [1.54, 1.807) is 17.1 Å². The zero-order valence-electron chi connectivity index (χ0n) is 16.3. The molecular formula is C21H21N7O. The number of rotatable bonds is 4. The van der Waals surface area contributed by atoms with Crippen LogP contribution >= 0.6 is 0 Å². The van der Waals surface area contributed by atoms with E-state index in [1.807, 2.05) is 20.2 Å². The Morgan fingerprint density at radius 3 is 2.48 bits per heavy atom. The van der Waals surface area contributed by atoms with Gasteiger partial charge < -0.3 is 10.3 Å². The van der Waals surface area contributed by atoms with Gasteiger partial charge in [0.1, 0.15) is 5.82 Å². The van der Waals surface area contributed by atoms with Crippen LogP contribution in [0.15, 0.2) is 47.4 Å². The number of aromatic nitrogens is 6. The molecule has 3 heterocycles. The van der Waals surface area contributed by atoms with Crippen LogP contribution in [0.4, 0.5) is 5.82 Å². The van der Waals surface area contributed by atoms with Crippen molar-refractivity contribution in [3.63, 3.8) is 0 Å². The molecule has 0 aliphatic heterocycles. The lowest BCUT2D eigenvalue weighted by atomic mass is 9.64. The molecule has 0 bridgehead atoms. The first-order valence-electron chi connectivity index (χ1n) is 9.58. The molecule has 1 aromatic carbocycles. The third-order valence-corrected chi connectivity index (χ3v) is 5.73. The van der Waals surface area contributed by atoms with Gasteiger partial charge in [-0.1, -0.05) is 35.8 Å². The van der Waals surface area contributed by atoms with Gasteiger partial charge >= 0.3 is 0 Å². The second kappa shape index (κ2) is 6.51. The van der Waals surface area contributed by atoms with Gasteiger partial charge in [0, 0.05) is 18.8 Å². The lowest BCUT2D eigenvalue weighted by Crippen LogP contribution is -2.36. The Kier molecular flexibility index (Phi) is 3.94. The Balaban J connectivity index is 1.47. The molecule has 1 aliphatic carbocycles. The Morgan fingerprint density at radius 1 is 1.07 bits per heavy atom. The molecule has 0 spiro atoms. The van der Waals surface area contributed by atoms with Crippen molar-refractivity contribution in [2.45, 2.75) is 31.6 Å². The molecule has 0 amide bonds. The number of nitrogens with zero attached hydrogens (tertiary/aromatic N) is 6. The quantitative estimate of drug-likeness (QED) is 0.572. The Morgan fingerprint density at radius 2 is 1.86 bits per heavy atom. The first-order chi connectivity index (χ1) is 14.0. The first kappa shape index (κ1) is 17.5. The van der Waals surface area contributed by atoms with Crippen molar-refractivity contribution in [1.29, 1.82) is 0 Å². The summed E-state index contributed by atoms with van der Waals surface area (Å²) in [6, 6.07) is 8.39. The maximum Gasteiger partial charge on any atom is 0.261 e. The summed E-state index contributed by atoms with van der Waals surface area (Å²) >= 11 is 0. The largest absolute Gasteiger partial charge is 0.382 e. The van der Waals surface area contributed by atoms with Crippen LogP contribution in [-0.2, 0) is 12.5 Å². The van der Waals surface area contributed by atoms with Gasteiger partial charge in [0.15, 0.2) is 5.82 Å². The van der Waals surface area contributed by atoms with Crippen LogP contribution in [0.5, 0.6) is 0 Å². The van der Waals surface area contributed by atoms with Gasteiger partial charge in [0.2, 0.25) is 0 Å². The van der Waals surface area contributed by atoms with Crippen molar-refractivity contribution < 1.29 is 4.52 Å². The van der Waals surface area contributed by atoms with Crippen molar-refractivity contribution in [2.24, 2.45) is 7.05 Å². The van der Waals surface area contributed by atoms with Crippen LogP contribution in [0, 0.1) is 6.92 Å². The van der Waals surface area contributed by atoms with Crippen molar-refractivity contribution in [2.75, 3.05) is 5.73 Å². The summed E-state index contributed by atoms with van der Waals surface area (Å²) in [5.41, 5.74) is 10.1. The van der Waals surface area contributed by atoms with Gasteiger partial charge in [-0.15, -0.1) is 0 Å². The molecule has 8 heteroatoms. The highest BCUT2D eigenvalue weighted by Crippen LogP contribution is 2.48. The van der Waals surface area contributed by atoms with E-state index >= 15 is 0 Å². The Labute approximate surface area is 167 Å². The molecule has 1 aliphatic rings. The fourth-order valence-corrected chi connectivity index (χ4v) is 3.83. The standard InChI is InChI=1S/C21H21N7O/c1-13-18(22)23-11-17(25-13)14-4-6-16(7-5-14)21(8-3-9-21)20-26-19(29-27-20)15-10-24-28(2)12-15/h4-7,10-12H,3,8-9H2,1-2H3,(H2,22,23). The normalized spacial score (nSPS) is 15.2. The van der Waals surface area contributed by atoms with Gasteiger partial charge in [-0.3, -0.25) is 4.68 Å². The van der Waals surface area contributed by atoms with E-state index in [2.05, 4.69) is 44.5 Å². The number of nitrogen functional groups attached to an aromatic ring is 1. The molecular weight excluding hydrogens is 366 g/mol. The fraction of sp³-hybridized carbons (Fsp3) is 0.286. The monoisotopic (exact) mass is 387 g/mol. The molecule has 2 N–H and O–H groups in total. The van der Waals surface area contributed by atoms with Crippen molar-refractivity contribution in [1.82, 2.24) is 29.9 Å². The summed E-state index contributed by atoms with van der Waals surface area (Å²) in [7, 11) is 1.86. The van der Waals surface area contributed by atoms with E-state index in [0.29, 0.717) is 11.7 Å². The smallest absolute Gasteiger partial charge is 0.261 e. The number of benzene rings is 1. The molecule has 1 fully saturated rings. The minimum absolute atomic E-state index is 0.203. The molecule has 4 aromatic rings. The highest BCUT2D eigenvalue weighted by Gasteiger charge is 2.44. The third-order valence-electron chi connectivity index (χ3n) is 5.73. The zero-order valence-corrected chi connectivity index (χ0v) is 16.3. The van der Waals surface area contributed by atoms with Gasteiger partial charge in [-0.2, -0.15) is 10.1 Å². The summed E-state index contributed by atoms with van der Waals surface area (Å²) in [6.07, 6.45) is 8.44. The number of hydrogen-bond donors (Lipinski definition) is 1. The second-order valence-corrected chi connectivity index (χ2v) is 7.56. The molecule has 0 atom stereocenters. The van der Waals surface area contributed by atoms with Crippen LogP contribution in [-0.4, -0.2) is 29.9 Å². The lowest BCUT2D eigenvalue weighted by Gasteiger charge is -2.39. The summed E-state index contributed by atoms with van der Waals surface area (Å²) in [6.45, 7) is 1.86. The maximum absolute atomic E-state index is 5.78. The van der Waals surface area contributed by atoms with Gasteiger partial charge in [0.25, 0.3) is 5.89 Å². The first-order valence-corrected chi connectivity index (χ1v) is 9.58. The van der Waals surface area contributed by atoms with Gasteiger partial charge in [0.05, 0.1) is 34.8 Å². The zero-order chi connectivity index (χ0) is 20.0. The summed E-state index contributed by atoms with van der Waals surface area (Å²) in [4.78, 5) is 13.4. The predicted octanol–water partition coefficient (Wildman–Crippen LogP) is 3.29. The highest BCUT2D eigenvalue weighted by molar-refractivity contribution is 5.61. The molecule has 1 saturated carbocycles. The molecule has 29 heavy (non-hydrogen) atoms. The maximum atomic E-state index is 5.78. The molecule has 0 saturated heterocycles. The van der Waals surface area contributed by atoms with Gasteiger partial charge in [-0.05, 0) is 25.3 Å². The average molecular weight is 387 g/mol. The highest BCUT2D eigenvalue weighted by atomic mass is 16.5. The van der Waals surface area contributed by atoms with Crippen LogP contribution in [0.3, 0.4) is 0 Å². The van der Waals surface area contributed by atoms with Gasteiger partial charge in [-0.25, -0.2) is 9.97 Å². The molecule has 8 nitrogen and oxygen atoms in total. The van der Waals surface area contributed by atoms with E-state index in [-0.39, 0.29) is 5.41 Å². The number of nitrogens with two attached hydrogens (primary N) is 1. The van der Waals surface area contributed by atoms with Crippen molar-refractivity contribution in [3.05, 3.63) is 59.9 Å². The molecule has 3 aromatic heterocycles. The topological polar surface area (TPSA) is 109 Å². The van der Waals surface area contributed by atoms with E-state index in [0.717, 1.165) is 47.6 Å². The average Bonchev–Trinajstić information content (AvgIpc) is 3.33. The molecule has 0 unspecified atom stereocenters. The lowest BCUT2D eigenvalue weighted by molar-refractivity contribution is 0.273. The van der Waals surface area contributed by atoms with Crippen LogP contribution in [0.2, 0.25) is 0 Å². The molecule has 5 rings (SSSR count). The van der Waals surface area contributed by atoms with E-state index < -0.39 is 0 Å². The van der Waals surface area contributed by atoms with E-state index in [1.165, 1.54) is 5.56 Å². The van der Waals surface area contributed by atoms with Crippen molar-refractivity contribution >= 4 is 5.82 Å². The predicted molar refractivity (Wildman–Crippen MR) is 108 cm³/mol. The Hall–Kier alpha value is -3.55. The summed E-state index contributed by atoms with van der Waals surface area (Å²) in [5.74, 6) is 1.70. The van der Waals surface area contributed by atoms with Crippen LogP contribution in [0.25, 0.3) is 22.7 Å². The van der Waals surface area contributed by atoms with E-state index in [9.17, 15) is 0 Å².